The molecule has 0 aromatic rings. The van der Waals surface area contributed by atoms with Crippen molar-refractivity contribution >= 4 is 16.3 Å². The summed E-state index contributed by atoms with van der Waals surface area (Å²) in [6.07, 6.45) is -1.93. The van der Waals surface area contributed by atoms with Gasteiger partial charge in [0.1, 0.15) is 6.07 Å². The van der Waals surface area contributed by atoms with Crippen molar-refractivity contribution in [1.82, 2.24) is 0 Å². The molecule has 1 rings (SSSR count). The molecule has 1 aliphatic rings. The number of ether oxygens (including phenoxy) is 1. The normalized spacial score (nSPS) is 26.9. The van der Waals surface area contributed by atoms with E-state index in [2.05, 4.69) is 9.02 Å². The van der Waals surface area contributed by atoms with Crippen LogP contribution >= 0.6 is 10.3 Å². The van der Waals surface area contributed by atoms with Crippen LogP contribution in [0, 0.1) is 22.2 Å². The van der Waals surface area contributed by atoms with Crippen LogP contribution in [0.25, 0.3) is 0 Å². The third kappa shape index (κ3) is 3.70. The van der Waals surface area contributed by atoms with Crippen molar-refractivity contribution in [1.29, 1.82) is 5.26 Å². The van der Waals surface area contributed by atoms with Gasteiger partial charge >= 0.3 is 23.1 Å². The predicted octanol–water partition coefficient (Wildman–Crippen LogP) is 4.15. The van der Waals surface area contributed by atoms with E-state index in [9.17, 15) is 36.0 Å². The van der Waals surface area contributed by atoms with Crippen LogP contribution in [0.2, 0.25) is 0 Å². The Kier molecular flexibility index (Phi) is 6.78. The van der Waals surface area contributed by atoms with Gasteiger partial charge in [-0.25, -0.2) is 0 Å². The molecule has 1 fully saturated rings. The molecular weight excluding hydrogens is 394 g/mol. The highest BCUT2D eigenvalue weighted by atomic mass is 32.3. The fraction of sp³-hybridized carbons (Fsp3) is 0.846. The Bertz CT molecular complexity index is 585. The van der Waals surface area contributed by atoms with Gasteiger partial charge < -0.3 is 9.02 Å². The van der Waals surface area contributed by atoms with E-state index in [0.717, 1.165) is 0 Å². The van der Waals surface area contributed by atoms with Crippen molar-refractivity contribution in [3.05, 3.63) is 4.91 Å². The summed E-state index contributed by atoms with van der Waals surface area (Å²) in [5.74, 6) is -15.4. The highest BCUT2D eigenvalue weighted by Crippen LogP contribution is 2.72. The second-order valence-corrected chi connectivity index (χ2v) is 8.61. The lowest BCUT2D eigenvalue weighted by Gasteiger charge is -2.48. The number of esters is 1. The van der Waals surface area contributed by atoms with Gasteiger partial charge in [0.25, 0.3) is 0 Å². The molecule has 6 nitrogen and oxygen atoms in total. The molecule has 0 saturated carbocycles. The van der Waals surface area contributed by atoms with Gasteiger partial charge in [-0.2, -0.15) is 31.6 Å². The van der Waals surface area contributed by atoms with Crippen LogP contribution in [-0.4, -0.2) is 41.2 Å². The average molecular weight is 410 g/mol. The van der Waals surface area contributed by atoms with Crippen LogP contribution in [0.4, 0.5) is 26.3 Å². The predicted molar refractivity (Wildman–Crippen MR) is 78.6 cm³/mol. The fourth-order valence-electron chi connectivity index (χ4n) is 2.54. The lowest BCUT2D eigenvalue weighted by atomic mass is 10.1. The van der Waals surface area contributed by atoms with E-state index in [1.54, 1.807) is 5.34 Å². The van der Waals surface area contributed by atoms with E-state index in [-0.39, 0.29) is 12.8 Å². The van der Waals surface area contributed by atoms with Gasteiger partial charge in [0.2, 0.25) is 0 Å². The minimum atomic E-state index is -5.83. The average Bonchev–Trinajstić information content (AvgIpc) is 2.59. The molecular formula is C13H16F6N2O4S. The van der Waals surface area contributed by atoms with E-state index < -0.39 is 63.8 Å². The van der Waals surface area contributed by atoms with Crippen LogP contribution in [0.15, 0.2) is 5.34 Å². The molecule has 26 heavy (non-hydrogen) atoms. The first-order valence-electron chi connectivity index (χ1n) is 7.39. The summed E-state index contributed by atoms with van der Waals surface area (Å²) >= 11 is 0. The fourth-order valence-corrected chi connectivity index (χ4v) is 5.72. The van der Waals surface area contributed by atoms with Gasteiger partial charge in [0.05, 0.1) is 5.92 Å². The van der Waals surface area contributed by atoms with Gasteiger partial charge in [0.15, 0.2) is 11.9 Å². The van der Waals surface area contributed by atoms with Crippen molar-refractivity contribution in [2.45, 2.75) is 43.3 Å². The van der Waals surface area contributed by atoms with E-state index in [4.69, 9.17) is 5.26 Å². The van der Waals surface area contributed by atoms with E-state index in [1.807, 2.05) is 0 Å². The molecule has 0 spiro atoms. The summed E-state index contributed by atoms with van der Waals surface area (Å²) in [6.45, 7) is -0.0985. The monoisotopic (exact) mass is 410 g/mol. The number of rotatable bonds is 8. The largest absolute Gasteiger partial charge is 0.450 e. The second-order valence-electron chi connectivity index (χ2n) is 5.59. The molecule has 1 saturated heterocycles. The molecule has 13 heteroatoms. The zero-order valence-electron chi connectivity index (χ0n) is 13.5. The zero-order chi connectivity index (χ0) is 20.2. The lowest BCUT2D eigenvalue weighted by molar-refractivity contribution is -0.280. The van der Waals surface area contributed by atoms with Gasteiger partial charge in [0, 0.05) is 28.2 Å². The number of nitrogens with zero attached hydrogens (tertiary/aromatic N) is 2. The minimum Gasteiger partial charge on any atom is -0.450 e. The number of hydrogen-bond acceptors (Lipinski definition) is 6. The Morgan fingerprint density at radius 3 is 2.42 bits per heavy atom. The maximum atomic E-state index is 14.6. The van der Waals surface area contributed by atoms with Crippen molar-refractivity contribution in [3.8, 4) is 6.07 Å². The van der Waals surface area contributed by atoms with Gasteiger partial charge in [-0.15, -0.1) is 4.91 Å². The Labute approximate surface area is 146 Å². The third-order valence-electron chi connectivity index (χ3n) is 4.02. The Morgan fingerprint density at radius 1 is 1.31 bits per heavy atom. The number of halogens is 6. The van der Waals surface area contributed by atoms with Crippen LogP contribution in [-0.2, 0) is 13.8 Å². The Morgan fingerprint density at radius 2 is 1.92 bits per heavy atom. The molecule has 2 unspecified atom stereocenters. The zero-order valence-corrected chi connectivity index (χ0v) is 14.3. The summed E-state index contributed by atoms with van der Waals surface area (Å²) in [5.41, 5.74) is 0. The first-order valence-corrected chi connectivity index (χ1v) is 9.28. The molecule has 0 aromatic heterocycles. The molecule has 150 valence electrons. The van der Waals surface area contributed by atoms with Crippen molar-refractivity contribution in [2.75, 3.05) is 18.1 Å². The number of alkyl halides is 6. The molecule has 2 atom stereocenters. The van der Waals surface area contributed by atoms with Gasteiger partial charge in [-0.3, -0.25) is 4.79 Å². The van der Waals surface area contributed by atoms with Crippen LogP contribution in [0.1, 0.15) is 26.2 Å². The van der Waals surface area contributed by atoms with Crippen molar-refractivity contribution in [3.63, 3.8) is 0 Å². The maximum absolute atomic E-state index is 14.6. The van der Waals surface area contributed by atoms with Crippen LogP contribution in [0.5, 0.6) is 0 Å². The first kappa shape index (κ1) is 22.3. The van der Waals surface area contributed by atoms with E-state index >= 15 is 0 Å². The van der Waals surface area contributed by atoms with Gasteiger partial charge in [-0.05, 0) is 12.8 Å². The lowest BCUT2D eigenvalue weighted by Crippen LogP contribution is -2.58. The minimum absolute atomic E-state index is 0.0763. The Balaban J connectivity index is 3.28. The standard InChI is InChI=1S/C13H16F6N2O4S/c1-2-11(14,15)12(16,17)13(18,19)26(25-21-23)7-3-4-9(8-26)10(22)24-6-5-20/h9H,2-4,6-8H2,1H3. The molecule has 0 aromatic carbocycles. The van der Waals surface area contributed by atoms with Crippen LogP contribution in [0.3, 0.4) is 0 Å². The second kappa shape index (κ2) is 7.89. The summed E-state index contributed by atoms with van der Waals surface area (Å²) in [6, 6.07) is 1.46. The molecule has 1 heterocycles. The quantitative estimate of drug-likeness (QED) is 0.260. The number of carbonyl (C=O) groups is 1. The Hall–Kier alpha value is -1.71. The smallest absolute Gasteiger partial charge is 0.383 e. The highest BCUT2D eigenvalue weighted by Gasteiger charge is 2.78. The van der Waals surface area contributed by atoms with Crippen molar-refractivity contribution < 1.29 is 40.2 Å². The van der Waals surface area contributed by atoms with Crippen LogP contribution < -0.4 is 0 Å². The van der Waals surface area contributed by atoms with E-state index in [0.29, 0.717) is 6.92 Å². The third-order valence-corrected chi connectivity index (χ3v) is 7.44. The highest BCUT2D eigenvalue weighted by molar-refractivity contribution is 8.30. The number of nitriles is 1. The summed E-state index contributed by atoms with van der Waals surface area (Å²) in [4.78, 5) is 22.2. The van der Waals surface area contributed by atoms with Crippen molar-refractivity contribution in [2.24, 2.45) is 11.3 Å². The SMILES string of the molecule is CCC(F)(F)C(F)(F)C(F)(F)S1(ON=O)CCCC(C(=O)OCC#N)C1. The molecule has 0 bridgehead atoms. The summed E-state index contributed by atoms with van der Waals surface area (Å²) in [7, 11) is -4.52. The van der Waals surface area contributed by atoms with Gasteiger partial charge in [-0.1, -0.05) is 6.92 Å². The first-order chi connectivity index (χ1) is 11.9. The number of hydrogen-bond donors (Lipinski definition) is 0. The molecule has 0 amide bonds. The maximum Gasteiger partial charge on any atom is 0.383 e. The topological polar surface area (TPSA) is 88.8 Å². The molecule has 0 radical (unpaired) electrons. The molecule has 1 aliphatic heterocycles. The molecule has 0 N–H and O–H groups in total. The summed E-state index contributed by atoms with van der Waals surface area (Å²) < 4.78 is 92.7. The molecule has 0 aliphatic carbocycles. The number of carbonyl (C=O) groups excluding carboxylic acids is 1. The summed E-state index contributed by atoms with van der Waals surface area (Å²) in [5, 5.41) is 4.72. The van der Waals surface area contributed by atoms with E-state index in [1.165, 1.54) is 6.07 Å².